The molecule has 1 aromatic carbocycles. The van der Waals surface area contributed by atoms with E-state index in [2.05, 4.69) is 37.0 Å². The number of nitrogens with zero attached hydrogens (tertiary/aromatic N) is 1. The van der Waals surface area contributed by atoms with Crippen LogP contribution in [0.2, 0.25) is 0 Å². The molecule has 1 aliphatic heterocycles. The molecule has 0 saturated heterocycles. The lowest BCUT2D eigenvalue weighted by Crippen LogP contribution is -2.22. The summed E-state index contributed by atoms with van der Waals surface area (Å²) in [5, 5.41) is 2.50. The van der Waals surface area contributed by atoms with Crippen LogP contribution in [0.5, 0.6) is 0 Å². The topological polar surface area (TPSA) is 12.4 Å². The first-order valence-corrected chi connectivity index (χ1v) is 3.88. The zero-order valence-corrected chi connectivity index (χ0v) is 6.89. The van der Waals surface area contributed by atoms with Crippen molar-refractivity contribution in [3.8, 4) is 0 Å². The van der Waals surface area contributed by atoms with Crippen LogP contribution >= 0.6 is 0 Å². The first kappa shape index (κ1) is 6.59. The minimum Gasteiger partial charge on any atom is -0.280 e. The highest BCUT2D eigenvalue weighted by molar-refractivity contribution is 5.46. The summed E-state index contributed by atoms with van der Waals surface area (Å²) < 4.78 is 0. The van der Waals surface area contributed by atoms with Crippen LogP contribution < -0.4 is 10.6 Å². The van der Waals surface area contributed by atoms with Crippen LogP contribution in [-0.4, -0.2) is 6.54 Å². The van der Waals surface area contributed by atoms with E-state index in [4.69, 9.17) is 0 Å². The summed E-state index contributed by atoms with van der Waals surface area (Å²) in [7, 11) is 0. The van der Waals surface area contributed by atoms with Crippen molar-refractivity contribution in [2.24, 2.45) is 4.99 Å². The average molecular weight is 145 g/mol. The van der Waals surface area contributed by atoms with Crippen LogP contribution in [0.1, 0.15) is 12.5 Å². The number of benzene rings is 1. The smallest absolute Gasteiger partial charge is 0.0650 e. The van der Waals surface area contributed by atoms with Crippen molar-refractivity contribution in [1.29, 1.82) is 0 Å². The van der Waals surface area contributed by atoms with E-state index in [1.54, 1.807) is 0 Å². The van der Waals surface area contributed by atoms with E-state index in [1.165, 1.54) is 16.4 Å². The summed E-state index contributed by atoms with van der Waals surface area (Å²) in [6.45, 7) is 5.15. The average Bonchev–Trinajstić information content (AvgIpc) is 2.33. The molecule has 0 spiro atoms. The Bertz CT molecular complexity index is 401. The third-order valence-corrected chi connectivity index (χ3v) is 2.10. The Hall–Kier alpha value is -1.11. The van der Waals surface area contributed by atoms with E-state index in [0.717, 1.165) is 11.9 Å². The molecule has 0 bridgehead atoms. The van der Waals surface area contributed by atoms with Crippen molar-refractivity contribution < 1.29 is 0 Å². The summed E-state index contributed by atoms with van der Waals surface area (Å²) in [5.41, 5.74) is 2.71. The first-order chi connectivity index (χ1) is 5.27. The number of hydrogen-bond acceptors (Lipinski definition) is 1. The highest BCUT2D eigenvalue weighted by atomic mass is 14.7. The maximum atomic E-state index is 4.38. The molecule has 1 heterocycles. The lowest BCUT2D eigenvalue weighted by Gasteiger charge is -1.89. The molecular formula is C10H11N. The standard InChI is InChI=1S/C10H11N/c1-7-3-4-10-9(5-7)8(2)6-11-10/h3-5H,6H2,1-2H3. The Balaban J connectivity index is 2.91. The van der Waals surface area contributed by atoms with Gasteiger partial charge in [0.25, 0.3) is 0 Å². The zero-order valence-electron chi connectivity index (χ0n) is 6.89. The van der Waals surface area contributed by atoms with E-state index < -0.39 is 0 Å². The predicted octanol–water partition coefficient (Wildman–Crippen LogP) is 0.799. The van der Waals surface area contributed by atoms with Crippen molar-refractivity contribution in [1.82, 2.24) is 0 Å². The van der Waals surface area contributed by atoms with Crippen molar-refractivity contribution in [2.75, 3.05) is 6.54 Å². The normalized spacial score (nSPS) is 14.5. The van der Waals surface area contributed by atoms with Gasteiger partial charge in [0.15, 0.2) is 0 Å². The molecule has 56 valence electrons. The maximum Gasteiger partial charge on any atom is 0.0650 e. The molecule has 0 radical (unpaired) electrons. The summed E-state index contributed by atoms with van der Waals surface area (Å²) in [6, 6.07) is 6.42. The third-order valence-electron chi connectivity index (χ3n) is 2.10. The number of aryl methyl sites for hydroxylation is 1. The van der Waals surface area contributed by atoms with E-state index in [9.17, 15) is 0 Å². The highest BCUT2D eigenvalue weighted by Crippen LogP contribution is 1.96. The largest absolute Gasteiger partial charge is 0.280 e. The molecule has 1 aromatic rings. The summed E-state index contributed by atoms with van der Waals surface area (Å²) in [6.07, 6.45) is 0. The monoisotopic (exact) mass is 145 g/mol. The van der Waals surface area contributed by atoms with Gasteiger partial charge in [-0.1, -0.05) is 11.6 Å². The Morgan fingerprint density at radius 2 is 2.09 bits per heavy atom. The maximum absolute atomic E-state index is 4.38. The molecule has 2 rings (SSSR count). The van der Waals surface area contributed by atoms with Gasteiger partial charge in [0.05, 0.1) is 11.9 Å². The molecule has 11 heavy (non-hydrogen) atoms. The predicted molar refractivity (Wildman–Crippen MR) is 45.9 cm³/mol. The Morgan fingerprint density at radius 1 is 1.27 bits per heavy atom. The molecule has 1 aliphatic rings. The van der Waals surface area contributed by atoms with Crippen molar-refractivity contribution in [3.63, 3.8) is 0 Å². The lowest BCUT2D eigenvalue weighted by atomic mass is 10.1. The molecule has 0 N–H and O–H groups in total. The van der Waals surface area contributed by atoms with Crippen molar-refractivity contribution in [2.45, 2.75) is 13.8 Å². The number of fused-ring (bicyclic) bond motifs is 1. The molecule has 1 nitrogen and oxygen atoms in total. The van der Waals surface area contributed by atoms with Crippen LogP contribution in [0.3, 0.4) is 0 Å². The van der Waals surface area contributed by atoms with Gasteiger partial charge in [0.2, 0.25) is 0 Å². The van der Waals surface area contributed by atoms with Gasteiger partial charge in [-0.05, 0) is 31.6 Å². The molecule has 0 saturated carbocycles. The molecule has 0 unspecified atom stereocenters. The van der Waals surface area contributed by atoms with Crippen LogP contribution in [0.25, 0.3) is 5.57 Å². The second kappa shape index (κ2) is 2.19. The summed E-state index contributed by atoms with van der Waals surface area (Å²) in [4.78, 5) is 4.38. The fourth-order valence-corrected chi connectivity index (χ4v) is 1.42. The van der Waals surface area contributed by atoms with E-state index in [-0.39, 0.29) is 0 Å². The minimum atomic E-state index is 0.888. The highest BCUT2D eigenvalue weighted by Gasteiger charge is 1.99. The van der Waals surface area contributed by atoms with E-state index >= 15 is 0 Å². The van der Waals surface area contributed by atoms with Gasteiger partial charge in [0, 0.05) is 5.22 Å². The van der Waals surface area contributed by atoms with Crippen molar-refractivity contribution in [3.05, 3.63) is 34.3 Å². The molecule has 0 aliphatic carbocycles. The Kier molecular flexibility index (Phi) is 1.31. The van der Waals surface area contributed by atoms with E-state index in [1.807, 2.05) is 0 Å². The van der Waals surface area contributed by atoms with Crippen LogP contribution in [0.15, 0.2) is 23.2 Å². The fraction of sp³-hybridized carbons (Fsp3) is 0.300. The van der Waals surface area contributed by atoms with Gasteiger partial charge >= 0.3 is 0 Å². The SMILES string of the molecule is CC1=c2cc(C)ccc2=NC1. The lowest BCUT2D eigenvalue weighted by molar-refractivity contribution is 1.20. The van der Waals surface area contributed by atoms with Crippen molar-refractivity contribution >= 4 is 5.57 Å². The summed E-state index contributed by atoms with van der Waals surface area (Å²) >= 11 is 0. The molecule has 0 atom stereocenters. The van der Waals surface area contributed by atoms with E-state index in [0.29, 0.717) is 0 Å². The molecule has 1 heteroatoms. The third kappa shape index (κ3) is 0.967. The van der Waals surface area contributed by atoms with Crippen LogP contribution in [0.4, 0.5) is 0 Å². The number of rotatable bonds is 0. The van der Waals surface area contributed by atoms with Gasteiger partial charge < -0.3 is 0 Å². The van der Waals surface area contributed by atoms with Gasteiger partial charge in [-0.15, -0.1) is 0 Å². The Labute approximate surface area is 66.1 Å². The second-order valence-corrected chi connectivity index (χ2v) is 3.12. The molecule has 0 amide bonds. The zero-order chi connectivity index (χ0) is 7.84. The van der Waals surface area contributed by atoms with Gasteiger partial charge in [-0.3, -0.25) is 4.99 Å². The molecular weight excluding hydrogens is 134 g/mol. The summed E-state index contributed by atoms with van der Waals surface area (Å²) in [5.74, 6) is 0. The van der Waals surface area contributed by atoms with Gasteiger partial charge in [-0.2, -0.15) is 0 Å². The van der Waals surface area contributed by atoms with Crippen LogP contribution in [0, 0.1) is 6.92 Å². The van der Waals surface area contributed by atoms with Gasteiger partial charge in [-0.25, -0.2) is 0 Å². The fourth-order valence-electron chi connectivity index (χ4n) is 1.42. The Morgan fingerprint density at radius 3 is 2.91 bits per heavy atom. The minimum absolute atomic E-state index is 0.888. The molecule has 0 fully saturated rings. The molecule has 0 aromatic heterocycles. The quantitative estimate of drug-likeness (QED) is 0.512. The van der Waals surface area contributed by atoms with Gasteiger partial charge in [0.1, 0.15) is 0 Å². The number of hydrogen-bond donors (Lipinski definition) is 0. The second-order valence-electron chi connectivity index (χ2n) is 3.12. The van der Waals surface area contributed by atoms with Crippen LogP contribution in [-0.2, 0) is 0 Å². The first-order valence-electron chi connectivity index (χ1n) is 3.88.